The van der Waals surface area contributed by atoms with E-state index in [2.05, 4.69) is 40.8 Å². The second-order valence-corrected chi connectivity index (χ2v) is 7.15. The molecule has 180 valence electrons. The molecular formula is C23H16F3N9O. The van der Waals surface area contributed by atoms with Gasteiger partial charge in [0.2, 0.25) is 0 Å². The molecule has 0 aliphatic carbocycles. The monoisotopic (exact) mass is 491 g/mol. The molecule has 0 aromatic carbocycles. The number of aromatic nitrogens is 6. The van der Waals surface area contributed by atoms with E-state index in [1.807, 2.05) is 0 Å². The molecule has 0 radical (unpaired) electrons. The molecule has 4 heterocycles. The van der Waals surface area contributed by atoms with Crippen LogP contribution in [0, 0.1) is 5.41 Å². The van der Waals surface area contributed by atoms with Gasteiger partial charge in [0.05, 0.1) is 11.4 Å². The van der Waals surface area contributed by atoms with Crippen molar-refractivity contribution in [3.05, 3.63) is 96.6 Å². The van der Waals surface area contributed by atoms with E-state index < -0.39 is 23.5 Å². The van der Waals surface area contributed by atoms with Crippen molar-refractivity contribution >= 4 is 23.3 Å². The number of nitrogens with zero attached hydrogens (tertiary/aromatic N) is 6. The summed E-state index contributed by atoms with van der Waals surface area (Å²) in [6, 6.07) is 8.52. The Morgan fingerprint density at radius 3 is 2.25 bits per heavy atom. The Bertz CT molecular complexity index is 1390. The Labute approximate surface area is 201 Å². The first kappa shape index (κ1) is 24.1. The van der Waals surface area contributed by atoms with Crippen LogP contribution in [0.1, 0.15) is 15.9 Å². The van der Waals surface area contributed by atoms with Gasteiger partial charge in [-0.3, -0.25) is 14.8 Å². The van der Waals surface area contributed by atoms with Crippen molar-refractivity contribution in [2.75, 3.05) is 10.6 Å². The molecule has 1 amide bonds. The SMILES string of the molecule is N=C(/C=C(\Nc1ccc(NC(=O)c2ccnc(-c3cncnc3)c2)nn1)C(F)(F)F)c1cccnc1. The summed E-state index contributed by atoms with van der Waals surface area (Å²) in [7, 11) is 0. The van der Waals surface area contributed by atoms with Gasteiger partial charge in [-0.25, -0.2) is 9.97 Å². The number of alkyl halides is 3. The minimum atomic E-state index is -4.79. The third-order valence-corrected chi connectivity index (χ3v) is 4.61. The van der Waals surface area contributed by atoms with Gasteiger partial charge in [-0.1, -0.05) is 0 Å². The molecule has 0 saturated heterocycles. The number of nitrogens with one attached hydrogen (secondary N) is 3. The van der Waals surface area contributed by atoms with E-state index in [0.29, 0.717) is 17.3 Å². The number of carbonyl (C=O) groups excluding carboxylic acids is 1. The zero-order valence-corrected chi connectivity index (χ0v) is 18.2. The average molecular weight is 491 g/mol. The van der Waals surface area contributed by atoms with E-state index in [1.54, 1.807) is 12.4 Å². The quantitative estimate of drug-likeness (QED) is 0.331. The zero-order valence-electron chi connectivity index (χ0n) is 18.2. The van der Waals surface area contributed by atoms with Gasteiger partial charge in [-0.05, 0) is 42.5 Å². The number of hydrogen-bond donors (Lipinski definition) is 3. The lowest BCUT2D eigenvalue weighted by molar-refractivity contribution is -0.0901. The first-order chi connectivity index (χ1) is 17.3. The molecule has 0 unspecified atom stereocenters. The molecule has 0 spiro atoms. The van der Waals surface area contributed by atoms with Gasteiger partial charge in [0, 0.05) is 47.7 Å². The smallest absolute Gasteiger partial charge is 0.335 e. The van der Waals surface area contributed by atoms with Crippen molar-refractivity contribution in [2.24, 2.45) is 0 Å². The Hall–Kier alpha value is -5.07. The lowest BCUT2D eigenvalue weighted by Gasteiger charge is -2.14. The van der Waals surface area contributed by atoms with Crippen molar-refractivity contribution in [3.8, 4) is 11.3 Å². The van der Waals surface area contributed by atoms with Gasteiger partial charge in [0.1, 0.15) is 12.0 Å². The summed E-state index contributed by atoms with van der Waals surface area (Å²) < 4.78 is 40.5. The van der Waals surface area contributed by atoms with Crippen LogP contribution in [0.4, 0.5) is 24.8 Å². The second-order valence-electron chi connectivity index (χ2n) is 7.15. The predicted molar refractivity (Wildman–Crippen MR) is 124 cm³/mol. The molecule has 0 fully saturated rings. The maximum atomic E-state index is 13.5. The summed E-state index contributed by atoms with van der Waals surface area (Å²) in [4.78, 5) is 28.4. The third-order valence-electron chi connectivity index (χ3n) is 4.61. The summed E-state index contributed by atoms with van der Waals surface area (Å²) in [6.45, 7) is 0. The van der Waals surface area contributed by atoms with Gasteiger partial charge in [0.25, 0.3) is 5.91 Å². The molecule has 4 rings (SSSR count). The third kappa shape index (κ3) is 6.08. The highest BCUT2D eigenvalue weighted by atomic mass is 19.4. The number of amides is 1. The molecule has 4 aromatic rings. The number of pyridine rings is 2. The molecule has 13 heteroatoms. The van der Waals surface area contributed by atoms with Gasteiger partial charge >= 0.3 is 6.18 Å². The largest absolute Gasteiger partial charge is 0.431 e. The minimum Gasteiger partial charge on any atom is -0.335 e. The van der Waals surface area contributed by atoms with Crippen LogP contribution >= 0.6 is 0 Å². The van der Waals surface area contributed by atoms with E-state index in [9.17, 15) is 18.0 Å². The van der Waals surface area contributed by atoms with E-state index in [0.717, 1.165) is 0 Å². The first-order valence-corrected chi connectivity index (χ1v) is 10.2. The van der Waals surface area contributed by atoms with Crippen molar-refractivity contribution < 1.29 is 18.0 Å². The molecule has 4 aromatic heterocycles. The molecule has 0 atom stereocenters. The maximum Gasteiger partial charge on any atom is 0.431 e. The highest BCUT2D eigenvalue weighted by molar-refractivity contribution is 6.07. The number of allylic oxidation sites excluding steroid dienone is 2. The fourth-order valence-electron chi connectivity index (χ4n) is 2.89. The number of anilines is 2. The Morgan fingerprint density at radius 2 is 1.61 bits per heavy atom. The average Bonchev–Trinajstić information content (AvgIpc) is 2.90. The van der Waals surface area contributed by atoms with Gasteiger partial charge in [-0.15, -0.1) is 10.2 Å². The summed E-state index contributed by atoms with van der Waals surface area (Å²) >= 11 is 0. The van der Waals surface area contributed by atoms with Crippen LogP contribution < -0.4 is 10.6 Å². The molecule has 3 N–H and O–H groups in total. The lowest BCUT2D eigenvalue weighted by atomic mass is 10.1. The van der Waals surface area contributed by atoms with E-state index in [1.165, 1.54) is 61.3 Å². The number of hydrogen-bond acceptors (Lipinski definition) is 9. The number of rotatable bonds is 7. The highest BCUT2D eigenvalue weighted by Crippen LogP contribution is 2.27. The topological polar surface area (TPSA) is 142 Å². The van der Waals surface area contributed by atoms with Crippen LogP contribution in [0.15, 0.2) is 85.5 Å². The van der Waals surface area contributed by atoms with Crippen LogP contribution in [0.5, 0.6) is 0 Å². The maximum absolute atomic E-state index is 13.5. The normalized spacial score (nSPS) is 11.6. The van der Waals surface area contributed by atoms with Crippen molar-refractivity contribution in [2.45, 2.75) is 6.18 Å². The minimum absolute atomic E-state index is 0.0209. The molecule has 0 bridgehead atoms. The van der Waals surface area contributed by atoms with E-state index in [-0.39, 0.29) is 22.8 Å². The summed E-state index contributed by atoms with van der Waals surface area (Å²) in [5.41, 5.74) is -0.0202. The summed E-state index contributed by atoms with van der Waals surface area (Å²) in [5, 5.41) is 20.0. The van der Waals surface area contributed by atoms with Gasteiger partial charge in [-0.2, -0.15) is 13.2 Å². The van der Waals surface area contributed by atoms with Gasteiger partial charge < -0.3 is 16.0 Å². The van der Waals surface area contributed by atoms with Crippen LogP contribution in [0.3, 0.4) is 0 Å². The second kappa shape index (κ2) is 10.5. The zero-order chi connectivity index (χ0) is 25.5. The first-order valence-electron chi connectivity index (χ1n) is 10.2. The van der Waals surface area contributed by atoms with Crippen LogP contribution in [0.25, 0.3) is 11.3 Å². The summed E-state index contributed by atoms with van der Waals surface area (Å²) in [5.74, 6) is -0.732. The molecule has 0 saturated carbocycles. The highest BCUT2D eigenvalue weighted by Gasteiger charge is 2.34. The van der Waals surface area contributed by atoms with Crippen LogP contribution in [-0.4, -0.2) is 47.9 Å². The fourth-order valence-corrected chi connectivity index (χ4v) is 2.89. The lowest BCUT2D eigenvalue weighted by Crippen LogP contribution is -2.21. The van der Waals surface area contributed by atoms with Crippen molar-refractivity contribution in [1.29, 1.82) is 5.41 Å². The Balaban J connectivity index is 1.46. The molecule has 10 nitrogen and oxygen atoms in total. The number of halogens is 3. The predicted octanol–water partition coefficient (Wildman–Crippen LogP) is 3.90. The molecular weight excluding hydrogens is 475 g/mol. The van der Waals surface area contributed by atoms with Crippen molar-refractivity contribution in [1.82, 2.24) is 30.1 Å². The number of carbonyl (C=O) groups is 1. The van der Waals surface area contributed by atoms with E-state index >= 15 is 0 Å². The fraction of sp³-hybridized carbons (Fsp3) is 0.0435. The molecule has 0 aliphatic rings. The van der Waals surface area contributed by atoms with Crippen LogP contribution in [0.2, 0.25) is 0 Å². The van der Waals surface area contributed by atoms with E-state index in [4.69, 9.17) is 5.41 Å². The standard InChI is InChI=1S/C23H16F3N9O/c24-23(25,26)19(9-17(27)15-2-1-6-28-10-15)32-20-3-4-21(35-34-20)33-22(36)14-5-7-31-18(8-14)16-11-29-13-30-12-16/h1-13,27H,(H,32,34)(H,33,35,36)/b19-9-,27-17?. The van der Waals surface area contributed by atoms with Crippen LogP contribution in [-0.2, 0) is 0 Å². The summed E-state index contributed by atoms with van der Waals surface area (Å²) in [6.07, 6.45) is 4.50. The van der Waals surface area contributed by atoms with Gasteiger partial charge in [0.15, 0.2) is 11.6 Å². The van der Waals surface area contributed by atoms with Crippen molar-refractivity contribution in [3.63, 3.8) is 0 Å². The Kier molecular flexibility index (Phi) is 6.99. The molecule has 36 heavy (non-hydrogen) atoms. The Morgan fingerprint density at radius 1 is 0.889 bits per heavy atom. The molecule has 0 aliphatic heterocycles.